The summed E-state index contributed by atoms with van der Waals surface area (Å²) in [5.41, 5.74) is 4.86. The molecule has 19 heavy (non-hydrogen) atoms. The van der Waals surface area contributed by atoms with Gasteiger partial charge in [0.25, 0.3) is 0 Å². The molecule has 0 aliphatic rings. The van der Waals surface area contributed by atoms with Crippen LogP contribution in [0.2, 0.25) is 0 Å². The van der Waals surface area contributed by atoms with E-state index in [1.807, 2.05) is 0 Å². The largest absolute Gasteiger partial charge is 0.416 e. The van der Waals surface area contributed by atoms with Gasteiger partial charge in [0.15, 0.2) is 0 Å². The van der Waals surface area contributed by atoms with Gasteiger partial charge in [0, 0.05) is 10.4 Å². The highest BCUT2D eigenvalue weighted by atomic mass is 35.5. The second kappa shape index (κ2) is 5.90. The van der Waals surface area contributed by atoms with Gasteiger partial charge in [-0.05, 0) is 23.6 Å². The Labute approximate surface area is 117 Å². The molecule has 0 radical (unpaired) electrons. The van der Waals surface area contributed by atoms with Gasteiger partial charge in [0.1, 0.15) is 5.82 Å². The van der Waals surface area contributed by atoms with Gasteiger partial charge in [-0.25, -0.2) is 4.39 Å². The lowest BCUT2D eigenvalue weighted by molar-refractivity contribution is -0.137. The second-order valence-electron chi connectivity index (χ2n) is 3.73. The number of thiophene rings is 1. The molecular formula is C12H10ClF4NS. The summed E-state index contributed by atoms with van der Waals surface area (Å²) in [7, 11) is 0. The normalized spacial score (nSPS) is 12.9. The van der Waals surface area contributed by atoms with Crippen LogP contribution in [-0.2, 0) is 6.18 Å². The van der Waals surface area contributed by atoms with Crippen LogP contribution in [0.15, 0.2) is 35.7 Å². The van der Waals surface area contributed by atoms with Crippen LogP contribution in [0.1, 0.15) is 22.0 Å². The Morgan fingerprint density at radius 1 is 1.16 bits per heavy atom. The third-order valence-corrected chi connectivity index (χ3v) is 3.47. The summed E-state index contributed by atoms with van der Waals surface area (Å²) in [4.78, 5) is 0.702. The predicted molar refractivity (Wildman–Crippen MR) is 69.0 cm³/mol. The zero-order valence-corrected chi connectivity index (χ0v) is 11.1. The lowest BCUT2D eigenvalue weighted by atomic mass is 10.0. The maximum atomic E-state index is 13.6. The quantitative estimate of drug-likeness (QED) is 0.819. The summed E-state index contributed by atoms with van der Waals surface area (Å²) in [5, 5.41) is 1.77. The van der Waals surface area contributed by atoms with Crippen molar-refractivity contribution in [3.05, 3.63) is 57.5 Å². The van der Waals surface area contributed by atoms with Crippen molar-refractivity contribution < 1.29 is 17.6 Å². The summed E-state index contributed by atoms with van der Waals surface area (Å²) in [6.45, 7) is 0. The van der Waals surface area contributed by atoms with E-state index in [2.05, 4.69) is 0 Å². The van der Waals surface area contributed by atoms with E-state index in [1.165, 1.54) is 11.3 Å². The fourth-order valence-electron chi connectivity index (χ4n) is 1.58. The number of halogens is 5. The van der Waals surface area contributed by atoms with Crippen LogP contribution in [0, 0.1) is 5.82 Å². The third kappa shape index (κ3) is 3.46. The van der Waals surface area contributed by atoms with Crippen LogP contribution in [-0.4, -0.2) is 0 Å². The van der Waals surface area contributed by atoms with Gasteiger partial charge in [0.05, 0.1) is 11.6 Å². The number of hydrogen-bond acceptors (Lipinski definition) is 2. The SMILES string of the molecule is Cl.N[C@H](c1cccs1)c1ccc(C(F)(F)F)cc1F. The van der Waals surface area contributed by atoms with E-state index in [-0.39, 0.29) is 18.0 Å². The van der Waals surface area contributed by atoms with Gasteiger partial charge in [-0.1, -0.05) is 12.1 Å². The summed E-state index contributed by atoms with van der Waals surface area (Å²) in [5.74, 6) is -0.939. The van der Waals surface area contributed by atoms with E-state index in [9.17, 15) is 17.6 Å². The van der Waals surface area contributed by atoms with Crippen molar-refractivity contribution in [2.75, 3.05) is 0 Å². The zero-order valence-electron chi connectivity index (χ0n) is 9.45. The van der Waals surface area contributed by atoms with Crippen molar-refractivity contribution in [2.45, 2.75) is 12.2 Å². The summed E-state index contributed by atoms with van der Waals surface area (Å²) in [6, 6.07) is 5.12. The van der Waals surface area contributed by atoms with Gasteiger partial charge >= 0.3 is 6.18 Å². The maximum absolute atomic E-state index is 13.6. The lowest BCUT2D eigenvalue weighted by Gasteiger charge is -2.13. The maximum Gasteiger partial charge on any atom is 0.416 e. The minimum Gasteiger partial charge on any atom is -0.320 e. The molecule has 0 bridgehead atoms. The number of alkyl halides is 3. The predicted octanol–water partition coefficient (Wildman–Crippen LogP) is 4.38. The van der Waals surface area contributed by atoms with Crippen molar-refractivity contribution in [3.8, 4) is 0 Å². The molecule has 0 unspecified atom stereocenters. The molecule has 1 aromatic heterocycles. The molecule has 1 atom stereocenters. The Kier molecular flexibility index (Phi) is 4.95. The highest BCUT2D eigenvalue weighted by Gasteiger charge is 2.31. The molecule has 2 rings (SSSR count). The number of benzene rings is 1. The smallest absolute Gasteiger partial charge is 0.320 e. The van der Waals surface area contributed by atoms with Gasteiger partial charge < -0.3 is 5.73 Å². The molecule has 104 valence electrons. The Hall–Kier alpha value is -1.11. The number of hydrogen-bond donors (Lipinski definition) is 1. The van der Waals surface area contributed by atoms with E-state index in [0.717, 1.165) is 12.1 Å². The molecule has 0 aliphatic carbocycles. The number of nitrogens with two attached hydrogens (primary N) is 1. The molecular weight excluding hydrogens is 302 g/mol. The molecule has 2 N–H and O–H groups in total. The van der Waals surface area contributed by atoms with Crippen molar-refractivity contribution in [1.29, 1.82) is 0 Å². The molecule has 0 amide bonds. The average Bonchev–Trinajstić information content (AvgIpc) is 2.80. The molecule has 0 saturated heterocycles. The van der Waals surface area contributed by atoms with E-state index in [0.29, 0.717) is 10.9 Å². The van der Waals surface area contributed by atoms with Crippen LogP contribution in [0.3, 0.4) is 0 Å². The second-order valence-corrected chi connectivity index (χ2v) is 4.71. The molecule has 7 heteroatoms. The van der Waals surface area contributed by atoms with Crippen molar-refractivity contribution in [2.24, 2.45) is 5.73 Å². The Morgan fingerprint density at radius 3 is 2.32 bits per heavy atom. The third-order valence-electron chi connectivity index (χ3n) is 2.51. The fraction of sp³-hybridized carbons (Fsp3) is 0.167. The average molecular weight is 312 g/mol. The summed E-state index contributed by atoms with van der Waals surface area (Å²) in [6.07, 6.45) is -4.55. The van der Waals surface area contributed by atoms with Crippen molar-refractivity contribution in [3.63, 3.8) is 0 Å². The molecule has 1 heterocycles. The van der Waals surface area contributed by atoms with Gasteiger partial charge in [-0.3, -0.25) is 0 Å². The molecule has 1 nitrogen and oxygen atoms in total. The van der Waals surface area contributed by atoms with Gasteiger partial charge in [-0.2, -0.15) is 13.2 Å². The van der Waals surface area contributed by atoms with Crippen LogP contribution in [0.25, 0.3) is 0 Å². The van der Waals surface area contributed by atoms with Crippen molar-refractivity contribution in [1.82, 2.24) is 0 Å². The Bertz CT molecular complexity index is 539. The first-order valence-electron chi connectivity index (χ1n) is 5.05. The lowest BCUT2D eigenvalue weighted by Crippen LogP contribution is -2.14. The summed E-state index contributed by atoms with van der Waals surface area (Å²) < 4.78 is 50.8. The van der Waals surface area contributed by atoms with Crippen LogP contribution in [0.5, 0.6) is 0 Å². The first kappa shape index (κ1) is 15.9. The van der Waals surface area contributed by atoms with E-state index >= 15 is 0 Å². The molecule has 0 fully saturated rings. The minimum absolute atomic E-state index is 0. The monoisotopic (exact) mass is 311 g/mol. The van der Waals surface area contributed by atoms with Crippen LogP contribution < -0.4 is 5.73 Å². The molecule has 0 aliphatic heterocycles. The van der Waals surface area contributed by atoms with Crippen molar-refractivity contribution >= 4 is 23.7 Å². The first-order valence-corrected chi connectivity index (χ1v) is 5.93. The fourth-order valence-corrected chi connectivity index (χ4v) is 2.32. The zero-order chi connectivity index (χ0) is 13.3. The van der Waals surface area contributed by atoms with E-state index < -0.39 is 23.6 Å². The van der Waals surface area contributed by atoms with Crippen LogP contribution in [0.4, 0.5) is 17.6 Å². The summed E-state index contributed by atoms with van der Waals surface area (Å²) >= 11 is 1.33. The first-order chi connectivity index (χ1) is 8.39. The standard InChI is InChI=1S/C12H9F4NS.ClH/c13-9-6-7(12(14,15)16)3-4-8(9)11(17)10-2-1-5-18-10;/h1-6,11H,17H2;1H/t11-;/m0./s1. The van der Waals surface area contributed by atoms with E-state index in [4.69, 9.17) is 5.73 Å². The molecule has 0 saturated carbocycles. The topological polar surface area (TPSA) is 26.0 Å². The van der Waals surface area contributed by atoms with Gasteiger partial charge in [0.2, 0.25) is 0 Å². The highest BCUT2D eigenvalue weighted by Crippen LogP contribution is 2.32. The molecule has 0 spiro atoms. The highest BCUT2D eigenvalue weighted by molar-refractivity contribution is 7.10. The van der Waals surface area contributed by atoms with Crippen LogP contribution >= 0.6 is 23.7 Å². The minimum atomic E-state index is -4.55. The van der Waals surface area contributed by atoms with Gasteiger partial charge in [-0.15, -0.1) is 23.7 Å². The molecule has 1 aromatic carbocycles. The Morgan fingerprint density at radius 2 is 1.84 bits per heavy atom. The molecule has 2 aromatic rings. The number of rotatable bonds is 2. The van der Waals surface area contributed by atoms with E-state index in [1.54, 1.807) is 17.5 Å². The Balaban J connectivity index is 0.00000180.